The third kappa shape index (κ3) is 1.64. The molecule has 6 heteroatoms. The van der Waals surface area contributed by atoms with Gasteiger partial charge in [0.05, 0.1) is 5.52 Å². The highest BCUT2D eigenvalue weighted by Crippen LogP contribution is 2.19. The fraction of sp³-hybridized carbons (Fsp3) is 0.231. The van der Waals surface area contributed by atoms with E-state index in [4.69, 9.17) is 0 Å². The molecule has 2 aromatic heterocycles. The quantitative estimate of drug-likeness (QED) is 0.660. The molecule has 1 N–H and O–H groups in total. The van der Waals surface area contributed by atoms with Gasteiger partial charge in [-0.25, -0.2) is 9.66 Å². The summed E-state index contributed by atoms with van der Waals surface area (Å²) in [5.74, 6) is 0.592. The van der Waals surface area contributed by atoms with Crippen molar-refractivity contribution in [2.75, 3.05) is 12.5 Å². The highest BCUT2D eigenvalue weighted by Gasteiger charge is 2.12. The largest absolute Gasteiger partial charge is 0.325 e. The monoisotopic (exact) mass is 255 g/mol. The minimum absolute atomic E-state index is 0.236. The van der Waals surface area contributed by atoms with Crippen molar-refractivity contribution >= 4 is 21.9 Å². The zero-order valence-electron chi connectivity index (χ0n) is 10.9. The van der Waals surface area contributed by atoms with Gasteiger partial charge < -0.3 is 5.43 Å². The zero-order valence-corrected chi connectivity index (χ0v) is 10.9. The number of aromatic nitrogens is 4. The Bertz CT molecular complexity index is 853. The lowest BCUT2D eigenvalue weighted by molar-refractivity contribution is 0.800. The summed E-state index contributed by atoms with van der Waals surface area (Å²) in [5, 5.41) is 8.97. The first-order chi connectivity index (χ1) is 9.11. The van der Waals surface area contributed by atoms with Crippen LogP contribution in [-0.2, 0) is 0 Å². The van der Waals surface area contributed by atoms with Crippen molar-refractivity contribution in [2.45, 2.75) is 13.8 Å². The average Bonchev–Trinajstić information content (AvgIpc) is 2.38. The van der Waals surface area contributed by atoms with E-state index in [1.165, 1.54) is 4.68 Å². The van der Waals surface area contributed by atoms with E-state index >= 15 is 0 Å². The maximum absolute atomic E-state index is 12.2. The Labute approximate surface area is 109 Å². The predicted octanol–water partition coefficient (Wildman–Crippen LogP) is 1.13. The molecule has 3 rings (SSSR count). The van der Waals surface area contributed by atoms with E-state index < -0.39 is 0 Å². The zero-order chi connectivity index (χ0) is 13.6. The molecular weight excluding hydrogens is 242 g/mol. The van der Waals surface area contributed by atoms with Crippen LogP contribution < -0.4 is 11.0 Å². The van der Waals surface area contributed by atoms with Gasteiger partial charge in [-0.3, -0.25) is 4.79 Å². The van der Waals surface area contributed by atoms with Gasteiger partial charge >= 0.3 is 5.56 Å². The number of nitrogens with zero attached hydrogens (tertiary/aromatic N) is 4. The van der Waals surface area contributed by atoms with Crippen molar-refractivity contribution in [2.24, 2.45) is 0 Å². The van der Waals surface area contributed by atoms with Gasteiger partial charge in [-0.05, 0) is 25.5 Å². The number of fused-ring (bicyclic) bond motifs is 3. The lowest BCUT2D eigenvalue weighted by Gasteiger charge is -2.09. The van der Waals surface area contributed by atoms with Crippen molar-refractivity contribution in [3.05, 3.63) is 39.9 Å². The predicted molar refractivity (Wildman–Crippen MR) is 73.9 cm³/mol. The Morgan fingerprint density at radius 2 is 1.95 bits per heavy atom. The fourth-order valence-corrected chi connectivity index (χ4v) is 2.19. The molecule has 2 heterocycles. The Kier molecular flexibility index (Phi) is 2.45. The first-order valence-electron chi connectivity index (χ1n) is 5.96. The summed E-state index contributed by atoms with van der Waals surface area (Å²) in [6.45, 7) is 3.76. The highest BCUT2D eigenvalue weighted by molar-refractivity contribution is 6.00. The van der Waals surface area contributed by atoms with Gasteiger partial charge in [-0.2, -0.15) is 0 Å². The third-order valence-electron chi connectivity index (χ3n) is 3.12. The molecule has 0 fully saturated rings. The third-order valence-corrected chi connectivity index (χ3v) is 3.12. The van der Waals surface area contributed by atoms with E-state index in [1.807, 2.05) is 25.1 Å². The molecular formula is C13H13N5O. The van der Waals surface area contributed by atoms with Gasteiger partial charge in [-0.15, -0.1) is 10.2 Å². The van der Waals surface area contributed by atoms with Gasteiger partial charge in [0.15, 0.2) is 5.52 Å². The maximum Gasteiger partial charge on any atom is 0.300 e. The second-order valence-electron chi connectivity index (χ2n) is 4.44. The van der Waals surface area contributed by atoms with Crippen molar-refractivity contribution in [3.8, 4) is 0 Å². The summed E-state index contributed by atoms with van der Waals surface area (Å²) >= 11 is 0. The first kappa shape index (κ1) is 11.6. The SMILES string of the molecule is CNn1c(C)nc2c(nnc3cc(C)ccc32)c1=O. The summed E-state index contributed by atoms with van der Waals surface area (Å²) < 4.78 is 1.36. The van der Waals surface area contributed by atoms with Crippen LogP contribution in [0.4, 0.5) is 0 Å². The Balaban J connectivity index is 2.54. The summed E-state index contributed by atoms with van der Waals surface area (Å²) in [6, 6.07) is 5.84. The smallest absolute Gasteiger partial charge is 0.300 e. The molecule has 0 aliphatic carbocycles. The van der Waals surface area contributed by atoms with Crippen LogP contribution in [0.1, 0.15) is 11.4 Å². The molecule has 1 aromatic carbocycles. The number of aryl methyl sites for hydroxylation is 2. The van der Waals surface area contributed by atoms with E-state index in [0.29, 0.717) is 11.3 Å². The summed E-state index contributed by atoms with van der Waals surface area (Å²) in [7, 11) is 1.67. The van der Waals surface area contributed by atoms with Crippen molar-refractivity contribution in [1.29, 1.82) is 0 Å². The Morgan fingerprint density at radius 3 is 2.68 bits per heavy atom. The summed E-state index contributed by atoms with van der Waals surface area (Å²) in [6.07, 6.45) is 0. The molecule has 0 bridgehead atoms. The van der Waals surface area contributed by atoms with Gasteiger partial charge in [0.2, 0.25) is 0 Å². The molecule has 19 heavy (non-hydrogen) atoms. The number of hydrogen-bond acceptors (Lipinski definition) is 5. The molecule has 0 saturated heterocycles. The fourth-order valence-electron chi connectivity index (χ4n) is 2.19. The van der Waals surface area contributed by atoms with E-state index in [1.54, 1.807) is 14.0 Å². The van der Waals surface area contributed by atoms with E-state index in [-0.39, 0.29) is 11.1 Å². The number of hydrogen-bond donors (Lipinski definition) is 1. The van der Waals surface area contributed by atoms with Crippen LogP contribution in [-0.4, -0.2) is 26.9 Å². The molecule has 0 spiro atoms. The van der Waals surface area contributed by atoms with Crippen molar-refractivity contribution < 1.29 is 0 Å². The van der Waals surface area contributed by atoms with Crippen LogP contribution >= 0.6 is 0 Å². The maximum atomic E-state index is 12.2. The normalized spacial score (nSPS) is 11.1. The molecule has 0 unspecified atom stereocenters. The van der Waals surface area contributed by atoms with Crippen LogP contribution in [0.15, 0.2) is 23.0 Å². The number of nitrogens with one attached hydrogen (secondary N) is 1. The van der Waals surface area contributed by atoms with E-state index in [9.17, 15) is 4.79 Å². The van der Waals surface area contributed by atoms with E-state index in [0.717, 1.165) is 16.5 Å². The van der Waals surface area contributed by atoms with Crippen molar-refractivity contribution in [1.82, 2.24) is 19.9 Å². The molecule has 0 atom stereocenters. The summed E-state index contributed by atoms with van der Waals surface area (Å²) in [4.78, 5) is 16.7. The van der Waals surface area contributed by atoms with Crippen LogP contribution in [0, 0.1) is 13.8 Å². The van der Waals surface area contributed by atoms with Crippen LogP contribution in [0.25, 0.3) is 21.9 Å². The van der Waals surface area contributed by atoms with Gasteiger partial charge in [-0.1, -0.05) is 12.1 Å². The topological polar surface area (TPSA) is 72.7 Å². The molecule has 0 aliphatic heterocycles. The van der Waals surface area contributed by atoms with E-state index in [2.05, 4.69) is 20.6 Å². The molecule has 0 amide bonds. The molecule has 96 valence electrons. The minimum Gasteiger partial charge on any atom is -0.325 e. The lowest BCUT2D eigenvalue weighted by atomic mass is 10.1. The van der Waals surface area contributed by atoms with Gasteiger partial charge in [0, 0.05) is 12.4 Å². The Hall–Kier alpha value is -2.50. The molecule has 6 nitrogen and oxygen atoms in total. The standard InChI is InChI=1S/C13H13N5O/c1-7-4-5-9-10(6-7)16-17-12-11(9)15-8(2)18(14-3)13(12)19/h4-6,14H,1-3H3. The number of rotatable bonds is 1. The molecule has 0 radical (unpaired) electrons. The first-order valence-corrected chi connectivity index (χ1v) is 5.96. The summed E-state index contributed by atoms with van der Waals surface area (Å²) in [5.41, 5.74) is 5.27. The van der Waals surface area contributed by atoms with Crippen LogP contribution in [0.5, 0.6) is 0 Å². The highest BCUT2D eigenvalue weighted by atomic mass is 16.1. The van der Waals surface area contributed by atoms with Crippen molar-refractivity contribution in [3.63, 3.8) is 0 Å². The second-order valence-corrected chi connectivity index (χ2v) is 4.44. The van der Waals surface area contributed by atoms with Gasteiger partial charge in [0.25, 0.3) is 0 Å². The lowest BCUT2D eigenvalue weighted by Crippen LogP contribution is -2.30. The minimum atomic E-state index is -0.236. The molecule has 3 aromatic rings. The van der Waals surface area contributed by atoms with Crippen LogP contribution in [0.2, 0.25) is 0 Å². The number of benzene rings is 1. The van der Waals surface area contributed by atoms with Crippen LogP contribution in [0.3, 0.4) is 0 Å². The van der Waals surface area contributed by atoms with Gasteiger partial charge in [0.1, 0.15) is 11.3 Å². The molecule has 0 saturated carbocycles. The Morgan fingerprint density at radius 1 is 1.16 bits per heavy atom. The second kappa shape index (κ2) is 4.01. The molecule has 0 aliphatic rings. The average molecular weight is 255 g/mol.